The van der Waals surface area contributed by atoms with Crippen LogP contribution in [-0.4, -0.2) is 29.6 Å². The highest BCUT2D eigenvalue weighted by Crippen LogP contribution is 2.37. The largest absolute Gasteiger partial charge is 0.309 e. The summed E-state index contributed by atoms with van der Waals surface area (Å²) in [6.45, 7) is 6.86. The predicted octanol–water partition coefficient (Wildman–Crippen LogP) is 2.57. The molecule has 0 amide bonds. The molecule has 2 heteroatoms. The third kappa shape index (κ3) is 2.38. The van der Waals surface area contributed by atoms with E-state index in [4.69, 9.17) is 0 Å². The van der Waals surface area contributed by atoms with Crippen molar-refractivity contribution >= 4 is 0 Å². The normalized spacial score (nSPS) is 29.2. The van der Waals surface area contributed by atoms with Gasteiger partial charge in [0.25, 0.3) is 0 Å². The maximum atomic E-state index is 3.68. The Kier molecular flexibility index (Phi) is 2.72. The van der Waals surface area contributed by atoms with E-state index in [1.165, 1.54) is 18.4 Å². The lowest BCUT2D eigenvalue weighted by molar-refractivity contribution is 0.0874. The summed E-state index contributed by atoms with van der Waals surface area (Å²) in [5.41, 5.74) is 1.72. The molecule has 1 atom stereocenters. The van der Waals surface area contributed by atoms with E-state index in [-0.39, 0.29) is 5.54 Å². The molecule has 92 valence electrons. The highest BCUT2D eigenvalue weighted by Gasteiger charge is 2.40. The summed E-state index contributed by atoms with van der Waals surface area (Å²) in [6, 6.07) is 12.3. The van der Waals surface area contributed by atoms with Crippen molar-refractivity contribution in [2.24, 2.45) is 0 Å². The molecule has 1 aromatic rings. The van der Waals surface area contributed by atoms with Crippen LogP contribution < -0.4 is 5.32 Å². The topological polar surface area (TPSA) is 15.3 Å². The molecule has 0 radical (unpaired) electrons. The standard InChI is InChI=1S/C15H22N2/c1-15(2)11-17(13-8-9-13)14(10-16-15)12-6-4-3-5-7-12/h3-7,13-14,16H,8-11H2,1-2H3. The van der Waals surface area contributed by atoms with E-state index in [2.05, 4.69) is 54.4 Å². The van der Waals surface area contributed by atoms with Crippen molar-refractivity contribution in [3.8, 4) is 0 Å². The first-order chi connectivity index (χ1) is 8.16. The van der Waals surface area contributed by atoms with E-state index in [1.807, 2.05) is 0 Å². The van der Waals surface area contributed by atoms with Crippen molar-refractivity contribution < 1.29 is 0 Å². The van der Waals surface area contributed by atoms with Crippen molar-refractivity contribution in [1.29, 1.82) is 0 Å². The second kappa shape index (κ2) is 4.11. The lowest BCUT2D eigenvalue weighted by Gasteiger charge is -2.45. The van der Waals surface area contributed by atoms with E-state index < -0.39 is 0 Å². The average Bonchev–Trinajstić information content (AvgIpc) is 3.13. The van der Waals surface area contributed by atoms with Gasteiger partial charge in [-0.05, 0) is 32.3 Å². The number of piperazine rings is 1. The molecule has 2 nitrogen and oxygen atoms in total. The van der Waals surface area contributed by atoms with Gasteiger partial charge in [0.15, 0.2) is 0 Å². The molecule has 1 N–H and O–H groups in total. The van der Waals surface area contributed by atoms with Gasteiger partial charge in [0.1, 0.15) is 0 Å². The summed E-state index contributed by atoms with van der Waals surface area (Å²) >= 11 is 0. The van der Waals surface area contributed by atoms with Crippen LogP contribution in [0.4, 0.5) is 0 Å². The molecule has 0 aromatic heterocycles. The minimum atomic E-state index is 0.258. The van der Waals surface area contributed by atoms with Gasteiger partial charge in [0, 0.05) is 30.7 Å². The molecule has 1 aliphatic carbocycles. The van der Waals surface area contributed by atoms with Gasteiger partial charge in [-0.25, -0.2) is 0 Å². The van der Waals surface area contributed by atoms with Crippen molar-refractivity contribution in [3.63, 3.8) is 0 Å². The van der Waals surface area contributed by atoms with E-state index in [9.17, 15) is 0 Å². The first-order valence-electron chi connectivity index (χ1n) is 6.71. The van der Waals surface area contributed by atoms with Crippen LogP contribution in [0.2, 0.25) is 0 Å². The smallest absolute Gasteiger partial charge is 0.0476 e. The Morgan fingerprint density at radius 1 is 1.18 bits per heavy atom. The quantitative estimate of drug-likeness (QED) is 0.840. The van der Waals surface area contributed by atoms with Crippen LogP contribution in [0.1, 0.15) is 38.3 Å². The third-order valence-corrected chi connectivity index (χ3v) is 3.95. The number of nitrogens with zero attached hydrogens (tertiary/aromatic N) is 1. The fourth-order valence-electron chi connectivity index (χ4n) is 2.89. The van der Waals surface area contributed by atoms with Crippen molar-refractivity contribution in [3.05, 3.63) is 35.9 Å². The van der Waals surface area contributed by atoms with Crippen LogP contribution in [0.25, 0.3) is 0 Å². The summed E-state index contributed by atoms with van der Waals surface area (Å²) < 4.78 is 0. The van der Waals surface area contributed by atoms with Crippen LogP contribution in [0.5, 0.6) is 0 Å². The lowest BCUT2D eigenvalue weighted by Crippen LogP contribution is -2.58. The Hall–Kier alpha value is -0.860. The zero-order valence-corrected chi connectivity index (χ0v) is 10.8. The number of hydrogen-bond acceptors (Lipinski definition) is 2. The number of benzene rings is 1. The highest BCUT2D eigenvalue weighted by molar-refractivity contribution is 5.21. The van der Waals surface area contributed by atoms with E-state index in [0.717, 1.165) is 19.1 Å². The fourth-order valence-corrected chi connectivity index (χ4v) is 2.89. The Morgan fingerprint density at radius 3 is 2.53 bits per heavy atom. The van der Waals surface area contributed by atoms with Gasteiger partial charge in [-0.3, -0.25) is 4.90 Å². The summed E-state index contributed by atoms with van der Waals surface area (Å²) in [7, 11) is 0. The van der Waals surface area contributed by atoms with E-state index in [0.29, 0.717) is 6.04 Å². The molecule has 3 rings (SSSR count). The molecule has 1 unspecified atom stereocenters. The second-order valence-electron chi connectivity index (χ2n) is 6.09. The zero-order chi connectivity index (χ0) is 11.9. The summed E-state index contributed by atoms with van der Waals surface area (Å²) in [6.07, 6.45) is 2.78. The summed E-state index contributed by atoms with van der Waals surface area (Å²) in [5, 5.41) is 3.68. The molecule has 2 aliphatic rings. The van der Waals surface area contributed by atoms with Gasteiger partial charge in [-0.15, -0.1) is 0 Å². The Labute approximate surface area is 104 Å². The maximum Gasteiger partial charge on any atom is 0.0476 e. The maximum absolute atomic E-state index is 3.68. The molecular formula is C15H22N2. The third-order valence-electron chi connectivity index (χ3n) is 3.95. The number of hydrogen-bond donors (Lipinski definition) is 1. The molecule has 0 bridgehead atoms. The van der Waals surface area contributed by atoms with Crippen LogP contribution in [-0.2, 0) is 0 Å². The SMILES string of the molecule is CC1(C)CN(C2CC2)C(c2ccccc2)CN1. The molecule has 1 saturated carbocycles. The highest BCUT2D eigenvalue weighted by atomic mass is 15.3. The van der Waals surface area contributed by atoms with Crippen molar-refractivity contribution in [2.45, 2.75) is 44.3 Å². The summed E-state index contributed by atoms with van der Waals surface area (Å²) in [4.78, 5) is 2.71. The van der Waals surface area contributed by atoms with E-state index >= 15 is 0 Å². The second-order valence-corrected chi connectivity index (χ2v) is 6.09. The minimum Gasteiger partial charge on any atom is -0.309 e. The minimum absolute atomic E-state index is 0.258. The van der Waals surface area contributed by atoms with Gasteiger partial charge >= 0.3 is 0 Å². The van der Waals surface area contributed by atoms with Crippen molar-refractivity contribution in [2.75, 3.05) is 13.1 Å². The van der Waals surface area contributed by atoms with Gasteiger partial charge < -0.3 is 5.32 Å². The Bertz CT molecular complexity index is 381. The number of rotatable bonds is 2. The zero-order valence-electron chi connectivity index (χ0n) is 10.8. The van der Waals surface area contributed by atoms with Crippen LogP contribution in [0.3, 0.4) is 0 Å². The predicted molar refractivity (Wildman–Crippen MR) is 71.0 cm³/mol. The van der Waals surface area contributed by atoms with E-state index in [1.54, 1.807) is 0 Å². The Balaban J connectivity index is 1.83. The van der Waals surface area contributed by atoms with Crippen molar-refractivity contribution in [1.82, 2.24) is 10.2 Å². The molecule has 0 spiro atoms. The monoisotopic (exact) mass is 230 g/mol. The fraction of sp³-hybridized carbons (Fsp3) is 0.600. The summed E-state index contributed by atoms with van der Waals surface area (Å²) in [5.74, 6) is 0. The molecular weight excluding hydrogens is 208 g/mol. The lowest BCUT2D eigenvalue weighted by atomic mass is 9.94. The van der Waals surface area contributed by atoms with Crippen LogP contribution in [0.15, 0.2) is 30.3 Å². The van der Waals surface area contributed by atoms with Gasteiger partial charge in [0.05, 0.1) is 0 Å². The Morgan fingerprint density at radius 2 is 1.88 bits per heavy atom. The average molecular weight is 230 g/mol. The molecule has 1 aromatic carbocycles. The molecule has 1 aliphatic heterocycles. The first kappa shape index (κ1) is 11.2. The molecule has 2 fully saturated rings. The first-order valence-corrected chi connectivity index (χ1v) is 6.71. The molecule has 17 heavy (non-hydrogen) atoms. The van der Waals surface area contributed by atoms with Gasteiger partial charge in [0.2, 0.25) is 0 Å². The molecule has 1 saturated heterocycles. The molecule has 1 heterocycles. The van der Waals surface area contributed by atoms with Crippen LogP contribution in [0, 0.1) is 0 Å². The van der Waals surface area contributed by atoms with Gasteiger partial charge in [-0.1, -0.05) is 30.3 Å². The van der Waals surface area contributed by atoms with Gasteiger partial charge in [-0.2, -0.15) is 0 Å². The number of nitrogens with one attached hydrogen (secondary N) is 1. The van der Waals surface area contributed by atoms with Crippen LogP contribution >= 0.6 is 0 Å².